The van der Waals surface area contributed by atoms with Crippen LogP contribution in [0.3, 0.4) is 0 Å². The number of hydrogen-bond acceptors (Lipinski definition) is 5. The van der Waals surface area contributed by atoms with E-state index in [2.05, 4.69) is 36.1 Å². The monoisotopic (exact) mass is 363 g/mol. The van der Waals surface area contributed by atoms with Gasteiger partial charge in [-0.2, -0.15) is 0 Å². The van der Waals surface area contributed by atoms with Crippen molar-refractivity contribution in [3.63, 3.8) is 0 Å². The third-order valence-corrected chi connectivity index (χ3v) is 4.14. The summed E-state index contributed by atoms with van der Waals surface area (Å²) in [5.41, 5.74) is 0.145. The highest BCUT2D eigenvalue weighted by Crippen LogP contribution is 2.28. The van der Waals surface area contributed by atoms with E-state index in [1.807, 2.05) is 24.3 Å². The molecule has 1 atom stereocenters. The zero-order chi connectivity index (χ0) is 18.7. The molecule has 2 rings (SSSR count). The fourth-order valence-corrected chi connectivity index (χ4v) is 2.74. The van der Waals surface area contributed by atoms with Gasteiger partial charge in [-0.15, -0.1) is 0 Å². The second-order valence-corrected chi connectivity index (χ2v) is 7.77. The second kappa shape index (κ2) is 7.68. The molecule has 2 aromatic rings. The lowest BCUT2D eigenvalue weighted by Gasteiger charge is -2.26. The van der Waals surface area contributed by atoms with E-state index in [9.17, 15) is 5.11 Å². The molecule has 1 heterocycles. The molecular weight excluding hydrogens is 338 g/mol. The summed E-state index contributed by atoms with van der Waals surface area (Å²) in [6.07, 6.45) is 0. The van der Waals surface area contributed by atoms with E-state index in [4.69, 9.17) is 16.3 Å². The van der Waals surface area contributed by atoms with Crippen molar-refractivity contribution < 1.29 is 9.84 Å². The smallest absolute Gasteiger partial charge is 0.136 e. The number of aromatic nitrogens is 2. The summed E-state index contributed by atoms with van der Waals surface area (Å²) in [5.74, 6) is 1.38. The van der Waals surface area contributed by atoms with Crippen LogP contribution >= 0.6 is 11.6 Å². The normalized spacial score (nSPS) is 14.2. The van der Waals surface area contributed by atoms with E-state index in [1.165, 1.54) is 0 Å². The lowest BCUT2D eigenvalue weighted by molar-refractivity contribution is 0.0715. The fourth-order valence-electron chi connectivity index (χ4n) is 2.40. The summed E-state index contributed by atoms with van der Waals surface area (Å²) < 4.78 is 5.20. The molecule has 0 spiro atoms. The molecule has 0 saturated heterocycles. The maximum atomic E-state index is 10.8. The van der Waals surface area contributed by atoms with Crippen LogP contribution < -0.4 is 5.32 Å². The third-order valence-electron chi connectivity index (χ3n) is 3.81. The molecule has 0 radical (unpaired) electrons. The van der Waals surface area contributed by atoms with Crippen molar-refractivity contribution in [3.8, 4) is 0 Å². The standard InChI is InChI=1S/C19H26ClN3O2/c1-18(2,3)17-22-13(11-25-5)10-16(23-17)21-12-19(4,24)14-8-6-7-9-15(14)20/h6-10,24H,11-12H2,1-5H3,(H,21,22,23). The van der Waals surface area contributed by atoms with Gasteiger partial charge >= 0.3 is 0 Å². The highest BCUT2D eigenvalue weighted by atomic mass is 35.5. The summed E-state index contributed by atoms with van der Waals surface area (Å²) in [6, 6.07) is 9.12. The van der Waals surface area contributed by atoms with Crippen LogP contribution in [-0.4, -0.2) is 28.7 Å². The number of rotatable bonds is 6. The van der Waals surface area contributed by atoms with Crippen molar-refractivity contribution in [2.45, 2.75) is 45.3 Å². The Balaban J connectivity index is 2.24. The number of nitrogens with one attached hydrogen (secondary N) is 1. The first kappa shape index (κ1) is 19.6. The van der Waals surface area contributed by atoms with Crippen LogP contribution in [0.25, 0.3) is 0 Å². The Morgan fingerprint density at radius 3 is 2.44 bits per heavy atom. The lowest BCUT2D eigenvalue weighted by Crippen LogP contribution is -2.31. The van der Waals surface area contributed by atoms with Crippen LogP contribution in [0.2, 0.25) is 5.02 Å². The maximum Gasteiger partial charge on any atom is 0.136 e. The average Bonchev–Trinajstić information content (AvgIpc) is 2.53. The number of nitrogens with zero attached hydrogens (tertiary/aromatic N) is 2. The Hall–Kier alpha value is -1.69. The van der Waals surface area contributed by atoms with Gasteiger partial charge in [0, 0.05) is 35.7 Å². The van der Waals surface area contributed by atoms with Gasteiger partial charge in [-0.25, -0.2) is 9.97 Å². The van der Waals surface area contributed by atoms with Crippen molar-refractivity contribution >= 4 is 17.4 Å². The largest absolute Gasteiger partial charge is 0.384 e. The molecule has 0 fully saturated rings. The number of methoxy groups -OCH3 is 1. The molecule has 1 aromatic heterocycles. The van der Waals surface area contributed by atoms with Crippen LogP contribution in [0.15, 0.2) is 30.3 Å². The van der Waals surface area contributed by atoms with E-state index >= 15 is 0 Å². The van der Waals surface area contributed by atoms with Crippen LogP contribution in [0.5, 0.6) is 0 Å². The number of aliphatic hydroxyl groups is 1. The number of anilines is 1. The van der Waals surface area contributed by atoms with Crippen LogP contribution in [-0.2, 0) is 22.4 Å². The van der Waals surface area contributed by atoms with Crippen LogP contribution in [0.4, 0.5) is 5.82 Å². The molecule has 5 nitrogen and oxygen atoms in total. The van der Waals surface area contributed by atoms with Gasteiger partial charge in [0.1, 0.15) is 17.2 Å². The number of ether oxygens (including phenoxy) is 1. The molecular formula is C19H26ClN3O2. The van der Waals surface area contributed by atoms with Gasteiger partial charge in [-0.3, -0.25) is 0 Å². The molecule has 1 unspecified atom stereocenters. The third kappa shape index (κ3) is 5.14. The Kier molecular flexibility index (Phi) is 6.03. The molecule has 0 saturated carbocycles. The van der Waals surface area contributed by atoms with Gasteiger partial charge < -0.3 is 15.2 Å². The Bertz CT molecular complexity index is 727. The first-order valence-electron chi connectivity index (χ1n) is 8.22. The SMILES string of the molecule is COCc1cc(NCC(C)(O)c2ccccc2Cl)nc(C(C)(C)C)n1. The molecule has 0 aliphatic rings. The molecule has 0 aliphatic carbocycles. The van der Waals surface area contributed by atoms with E-state index < -0.39 is 5.60 Å². The van der Waals surface area contributed by atoms with Gasteiger partial charge in [0.05, 0.1) is 12.3 Å². The second-order valence-electron chi connectivity index (χ2n) is 7.36. The zero-order valence-electron chi connectivity index (χ0n) is 15.4. The van der Waals surface area contributed by atoms with Crippen molar-refractivity contribution in [1.82, 2.24) is 9.97 Å². The Labute approximate surface area is 154 Å². The molecule has 0 aliphatic heterocycles. The lowest BCUT2D eigenvalue weighted by atomic mass is 9.95. The molecule has 2 N–H and O–H groups in total. The predicted molar refractivity (Wildman–Crippen MR) is 101 cm³/mol. The minimum Gasteiger partial charge on any atom is -0.384 e. The Morgan fingerprint density at radius 1 is 1.16 bits per heavy atom. The van der Waals surface area contributed by atoms with Gasteiger partial charge in [0.15, 0.2) is 0 Å². The van der Waals surface area contributed by atoms with Crippen LogP contribution in [0.1, 0.15) is 44.8 Å². The topological polar surface area (TPSA) is 67.3 Å². The highest BCUT2D eigenvalue weighted by molar-refractivity contribution is 6.31. The minimum atomic E-state index is -1.13. The minimum absolute atomic E-state index is 0.189. The first-order valence-corrected chi connectivity index (χ1v) is 8.60. The van der Waals surface area contributed by atoms with E-state index in [1.54, 1.807) is 20.1 Å². The number of benzene rings is 1. The maximum absolute atomic E-state index is 10.8. The molecule has 0 bridgehead atoms. The predicted octanol–water partition coefficient (Wildman–Crippen LogP) is 3.89. The van der Waals surface area contributed by atoms with E-state index in [-0.39, 0.29) is 12.0 Å². The van der Waals surface area contributed by atoms with Crippen molar-refractivity contribution in [2.75, 3.05) is 19.0 Å². The summed E-state index contributed by atoms with van der Waals surface area (Å²) in [4.78, 5) is 9.14. The molecule has 136 valence electrons. The van der Waals surface area contributed by atoms with Crippen molar-refractivity contribution in [2.24, 2.45) is 0 Å². The zero-order valence-corrected chi connectivity index (χ0v) is 16.2. The molecule has 0 amide bonds. The van der Waals surface area contributed by atoms with Gasteiger partial charge in [0.25, 0.3) is 0 Å². The summed E-state index contributed by atoms with van der Waals surface area (Å²) in [5, 5.41) is 14.6. The summed E-state index contributed by atoms with van der Waals surface area (Å²) in [6.45, 7) is 8.57. The van der Waals surface area contributed by atoms with Gasteiger partial charge in [0.2, 0.25) is 0 Å². The Morgan fingerprint density at radius 2 is 1.84 bits per heavy atom. The summed E-state index contributed by atoms with van der Waals surface area (Å²) in [7, 11) is 1.63. The van der Waals surface area contributed by atoms with Crippen LogP contribution in [0, 0.1) is 0 Å². The van der Waals surface area contributed by atoms with Gasteiger partial charge in [-0.1, -0.05) is 50.6 Å². The quantitative estimate of drug-likeness (QED) is 0.814. The molecule has 6 heteroatoms. The fraction of sp³-hybridized carbons (Fsp3) is 0.474. The van der Waals surface area contributed by atoms with E-state index in [0.717, 1.165) is 11.5 Å². The highest BCUT2D eigenvalue weighted by Gasteiger charge is 2.26. The molecule has 25 heavy (non-hydrogen) atoms. The average molecular weight is 364 g/mol. The first-order chi connectivity index (χ1) is 11.6. The number of hydrogen-bond donors (Lipinski definition) is 2. The van der Waals surface area contributed by atoms with Gasteiger partial charge in [-0.05, 0) is 13.0 Å². The number of halogens is 1. The molecule has 1 aromatic carbocycles. The van der Waals surface area contributed by atoms with Crippen molar-refractivity contribution in [3.05, 3.63) is 52.4 Å². The summed E-state index contributed by atoms with van der Waals surface area (Å²) >= 11 is 6.21. The van der Waals surface area contributed by atoms with Crippen molar-refractivity contribution in [1.29, 1.82) is 0 Å². The van der Waals surface area contributed by atoms with E-state index in [0.29, 0.717) is 23.0 Å².